The number of furan rings is 1. The lowest BCUT2D eigenvalue weighted by Gasteiger charge is -2.07. The highest BCUT2D eigenvalue weighted by molar-refractivity contribution is 6.44. The van der Waals surface area contributed by atoms with Gasteiger partial charge in [0.05, 0.1) is 20.8 Å². The van der Waals surface area contributed by atoms with E-state index in [4.69, 9.17) is 39.2 Å². The maximum absolute atomic E-state index is 12.4. The summed E-state index contributed by atoms with van der Waals surface area (Å²) in [4.78, 5) is 12.4. The molecule has 2 aromatic carbocycles. The number of hydrogen-bond donors (Lipinski definition) is 1. The van der Waals surface area contributed by atoms with Crippen LogP contribution in [0.25, 0.3) is 11.0 Å². The van der Waals surface area contributed by atoms with Crippen molar-refractivity contribution in [3.8, 4) is 0 Å². The SMILES string of the molecule is Cc1c(C(=O)Nc2cc(Cl)c(Cl)cc2Cl)oc2ccccc12. The van der Waals surface area contributed by atoms with Crippen LogP contribution in [-0.4, -0.2) is 5.91 Å². The molecule has 1 N–H and O–H groups in total. The molecule has 0 fully saturated rings. The van der Waals surface area contributed by atoms with Gasteiger partial charge in [0.25, 0.3) is 5.91 Å². The Morgan fingerprint density at radius 3 is 2.45 bits per heavy atom. The van der Waals surface area contributed by atoms with E-state index < -0.39 is 5.91 Å². The zero-order chi connectivity index (χ0) is 15.9. The number of benzene rings is 2. The molecule has 0 bridgehead atoms. The van der Waals surface area contributed by atoms with E-state index in [1.807, 2.05) is 31.2 Å². The second-order valence-corrected chi connectivity index (χ2v) is 5.97. The summed E-state index contributed by atoms with van der Waals surface area (Å²) in [6, 6.07) is 10.4. The number of amides is 1. The molecule has 22 heavy (non-hydrogen) atoms. The number of hydrogen-bond acceptors (Lipinski definition) is 2. The average Bonchev–Trinajstić information content (AvgIpc) is 2.82. The van der Waals surface area contributed by atoms with E-state index >= 15 is 0 Å². The van der Waals surface area contributed by atoms with Crippen LogP contribution in [0.15, 0.2) is 40.8 Å². The first-order valence-electron chi connectivity index (χ1n) is 6.41. The first-order chi connectivity index (χ1) is 10.5. The predicted molar refractivity (Wildman–Crippen MR) is 90.4 cm³/mol. The molecular weight excluding hydrogens is 345 g/mol. The maximum Gasteiger partial charge on any atom is 0.291 e. The molecule has 0 saturated heterocycles. The Balaban J connectivity index is 1.97. The van der Waals surface area contributed by atoms with Crippen molar-refractivity contribution in [1.29, 1.82) is 0 Å². The number of halogens is 3. The zero-order valence-corrected chi connectivity index (χ0v) is 13.7. The van der Waals surface area contributed by atoms with Crippen LogP contribution in [0.3, 0.4) is 0 Å². The standard InChI is InChI=1S/C16H10Cl3NO2/c1-8-9-4-2-3-5-14(9)22-15(8)16(21)20-13-7-11(18)10(17)6-12(13)19/h2-7H,1H3,(H,20,21). The van der Waals surface area contributed by atoms with Crippen LogP contribution in [-0.2, 0) is 0 Å². The lowest BCUT2D eigenvalue weighted by Crippen LogP contribution is -2.12. The van der Waals surface area contributed by atoms with E-state index in [1.165, 1.54) is 12.1 Å². The van der Waals surface area contributed by atoms with E-state index in [-0.39, 0.29) is 5.76 Å². The smallest absolute Gasteiger partial charge is 0.291 e. The van der Waals surface area contributed by atoms with Crippen molar-refractivity contribution in [1.82, 2.24) is 0 Å². The topological polar surface area (TPSA) is 42.2 Å². The van der Waals surface area contributed by atoms with E-state index in [9.17, 15) is 4.79 Å². The van der Waals surface area contributed by atoms with Gasteiger partial charge in [-0.25, -0.2) is 0 Å². The second kappa shape index (κ2) is 5.84. The lowest BCUT2D eigenvalue weighted by molar-refractivity contribution is 0.0998. The molecule has 1 heterocycles. The van der Waals surface area contributed by atoms with Gasteiger partial charge in [0.2, 0.25) is 0 Å². The molecule has 3 rings (SSSR count). The van der Waals surface area contributed by atoms with Crippen LogP contribution < -0.4 is 5.32 Å². The lowest BCUT2D eigenvalue weighted by atomic mass is 10.1. The molecule has 0 aliphatic rings. The van der Waals surface area contributed by atoms with Gasteiger partial charge in [0.1, 0.15) is 5.58 Å². The normalized spacial score (nSPS) is 10.9. The fourth-order valence-electron chi connectivity index (χ4n) is 2.19. The summed E-state index contributed by atoms with van der Waals surface area (Å²) >= 11 is 17.9. The molecule has 1 aromatic heterocycles. The van der Waals surface area contributed by atoms with Gasteiger partial charge >= 0.3 is 0 Å². The van der Waals surface area contributed by atoms with Gasteiger partial charge in [-0.15, -0.1) is 0 Å². The molecule has 0 unspecified atom stereocenters. The first kappa shape index (κ1) is 15.2. The average molecular weight is 355 g/mol. The number of para-hydroxylation sites is 1. The van der Waals surface area contributed by atoms with Crippen molar-refractivity contribution in [3.63, 3.8) is 0 Å². The molecule has 1 amide bonds. The van der Waals surface area contributed by atoms with Crippen molar-refractivity contribution in [2.24, 2.45) is 0 Å². The highest BCUT2D eigenvalue weighted by Crippen LogP contribution is 2.33. The summed E-state index contributed by atoms with van der Waals surface area (Å²) in [6.07, 6.45) is 0. The largest absolute Gasteiger partial charge is 0.451 e. The third-order valence-corrected chi connectivity index (χ3v) is 4.34. The van der Waals surface area contributed by atoms with Crippen LogP contribution in [0.5, 0.6) is 0 Å². The molecule has 112 valence electrons. The van der Waals surface area contributed by atoms with Crippen LogP contribution >= 0.6 is 34.8 Å². The van der Waals surface area contributed by atoms with E-state index in [2.05, 4.69) is 5.32 Å². The van der Waals surface area contributed by atoms with Crippen molar-refractivity contribution in [2.45, 2.75) is 6.92 Å². The number of aryl methyl sites for hydroxylation is 1. The van der Waals surface area contributed by atoms with E-state index in [0.717, 1.165) is 10.9 Å². The number of fused-ring (bicyclic) bond motifs is 1. The third kappa shape index (κ3) is 2.68. The molecule has 0 spiro atoms. The minimum absolute atomic E-state index is 0.239. The van der Waals surface area contributed by atoms with Gasteiger partial charge in [-0.1, -0.05) is 53.0 Å². The third-order valence-electron chi connectivity index (χ3n) is 3.31. The number of rotatable bonds is 2. The molecule has 0 aliphatic carbocycles. The molecule has 0 aliphatic heterocycles. The molecule has 3 aromatic rings. The first-order valence-corrected chi connectivity index (χ1v) is 7.55. The minimum atomic E-state index is -0.394. The van der Waals surface area contributed by atoms with Gasteiger partial charge < -0.3 is 9.73 Å². The van der Waals surface area contributed by atoms with Crippen LogP contribution in [0, 0.1) is 6.92 Å². The van der Waals surface area contributed by atoms with Crippen molar-refractivity contribution >= 4 is 57.4 Å². The minimum Gasteiger partial charge on any atom is -0.451 e. The molecule has 0 saturated carbocycles. The van der Waals surface area contributed by atoms with Gasteiger partial charge in [0, 0.05) is 10.9 Å². The fourth-order valence-corrected chi connectivity index (χ4v) is 2.78. The second-order valence-electron chi connectivity index (χ2n) is 4.75. The Morgan fingerprint density at radius 2 is 1.73 bits per heavy atom. The Labute approximate surface area is 141 Å². The monoisotopic (exact) mass is 353 g/mol. The molecular formula is C16H10Cl3NO2. The van der Waals surface area contributed by atoms with Crippen molar-refractivity contribution in [2.75, 3.05) is 5.32 Å². The predicted octanol–water partition coefficient (Wildman–Crippen LogP) is 5.95. The maximum atomic E-state index is 12.4. The highest BCUT2D eigenvalue weighted by atomic mass is 35.5. The Bertz CT molecular complexity index is 886. The molecule has 6 heteroatoms. The Hall–Kier alpha value is -1.68. The summed E-state index contributed by atoms with van der Waals surface area (Å²) in [5.74, 6) is -0.155. The Morgan fingerprint density at radius 1 is 1.05 bits per heavy atom. The number of nitrogens with one attached hydrogen (secondary N) is 1. The van der Waals surface area contributed by atoms with Gasteiger partial charge in [-0.05, 0) is 25.1 Å². The summed E-state index contributed by atoms with van der Waals surface area (Å²) in [7, 11) is 0. The highest BCUT2D eigenvalue weighted by Gasteiger charge is 2.18. The van der Waals surface area contributed by atoms with E-state index in [0.29, 0.717) is 26.3 Å². The van der Waals surface area contributed by atoms with Gasteiger partial charge in [-0.3, -0.25) is 4.79 Å². The summed E-state index contributed by atoms with van der Waals surface area (Å²) < 4.78 is 5.61. The summed E-state index contributed by atoms with van der Waals surface area (Å²) in [5, 5.41) is 4.52. The van der Waals surface area contributed by atoms with Crippen LogP contribution in [0.1, 0.15) is 16.1 Å². The van der Waals surface area contributed by atoms with Gasteiger partial charge in [0.15, 0.2) is 5.76 Å². The van der Waals surface area contributed by atoms with Crippen LogP contribution in [0.4, 0.5) is 5.69 Å². The van der Waals surface area contributed by atoms with E-state index in [1.54, 1.807) is 0 Å². The quantitative estimate of drug-likeness (QED) is 0.577. The van der Waals surface area contributed by atoms with Crippen molar-refractivity contribution in [3.05, 3.63) is 62.8 Å². The summed E-state index contributed by atoms with van der Waals surface area (Å²) in [6.45, 7) is 1.83. The molecule has 0 atom stereocenters. The number of carbonyl (C=O) groups is 1. The van der Waals surface area contributed by atoms with Crippen molar-refractivity contribution < 1.29 is 9.21 Å². The zero-order valence-electron chi connectivity index (χ0n) is 11.4. The Kier molecular flexibility index (Phi) is 4.04. The molecule has 0 radical (unpaired) electrons. The van der Waals surface area contributed by atoms with Crippen LogP contribution in [0.2, 0.25) is 15.1 Å². The summed E-state index contributed by atoms with van der Waals surface area (Å²) in [5.41, 5.74) is 1.80. The molecule has 3 nitrogen and oxygen atoms in total. The van der Waals surface area contributed by atoms with Gasteiger partial charge in [-0.2, -0.15) is 0 Å². The number of anilines is 1. The fraction of sp³-hybridized carbons (Fsp3) is 0.0625. The number of carbonyl (C=O) groups excluding carboxylic acids is 1.